The second-order valence-corrected chi connectivity index (χ2v) is 6.87. The fraction of sp³-hybridized carbons (Fsp3) is 0.474. The Balaban J connectivity index is 1.26. The van der Waals surface area contributed by atoms with Crippen LogP contribution in [0, 0.1) is 17.8 Å². The molecule has 1 N–H and O–H groups in total. The molecular weight excluding hydrogens is 288 g/mol. The molecule has 23 heavy (non-hydrogen) atoms. The zero-order valence-electron chi connectivity index (χ0n) is 13.2. The number of aromatic nitrogens is 1. The topological polar surface area (TPSA) is 55.1 Å². The fourth-order valence-corrected chi connectivity index (χ4v) is 4.28. The minimum Gasteiger partial charge on any atom is -0.437 e. The number of para-hydroxylation sites is 2. The molecule has 2 aromatic rings. The summed E-state index contributed by atoms with van der Waals surface area (Å²) in [4.78, 5) is 16.2. The van der Waals surface area contributed by atoms with E-state index in [2.05, 4.69) is 10.3 Å². The summed E-state index contributed by atoms with van der Waals surface area (Å²) < 4.78 is 5.56. The maximum Gasteiger partial charge on any atom is 0.244 e. The molecule has 3 unspecified atom stereocenters. The first-order valence-electron chi connectivity index (χ1n) is 8.59. The predicted octanol–water partition coefficient (Wildman–Crippen LogP) is 3.78. The largest absolute Gasteiger partial charge is 0.437 e. The SMILES string of the molecule is O=C(C=Cc1nc2ccccc2o1)NCCC1CC2CCC1C2. The van der Waals surface area contributed by atoms with Gasteiger partial charge in [-0.3, -0.25) is 4.79 Å². The van der Waals surface area contributed by atoms with Gasteiger partial charge in [0.05, 0.1) is 0 Å². The Morgan fingerprint density at radius 1 is 1.30 bits per heavy atom. The van der Waals surface area contributed by atoms with E-state index in [0.717, 1.165) is 41.8 Å². The lowest BCUT2D eigenvalue weighted by Gasteiger charge is -2.21. The Kier molecular flexibility index (Phi) is 3.90. The number of rotatable bonds is 5. The third-order valence-electron chi connectivity index (χ3n) is 5.39. The van der Waals surface area contributed by atoms with Gasteiger partial charge in [0.15, 0.2) is 5.58 Å². The standard InChI is InChI=1S/C19H22N2O2/c22-18(20-10-9-15-12-13-5-6-14(15)11-13)7-8-19-21-16-3-1-2-4-17(16)23-19/h1-4,7-8,13-15H,5-6,9-12H2,(H,20,22). The van der Waals surface area contributed by atoms with E-state index in [4.69, 9.17) is 4.42 Å². The molecule has 4 nitrogen and oxygen atoms in total. The monoisotopic (exact) mass is 310 g/mol. The van der Waals surface area contributed by atoms with Crippen molar-refractivity contribution < 1.29 is 9.21 Å². The van der Waals surface area contributed by atoms with Crippen molar-refractivity contribution in [3.63, 3.8) is 0 Å². The lowest BCUT2D eigenvalue weighted by Crippen LogP contribution is -2.25. The van der Waals surface area contributed by atoms with Crippen LogP contribution in [-0.4, -0.2) is 17.4 Å². The average Bonchev–Trinajstić information content (AvgIpc) is 3.27. The molecule has 1 aromatic heterocycles. The van der Waals surface area contributed by atoms with E-state index >= 15 is 0 Å². The summed E-state index contributed by atoms with van der Waals surface area (Å²) in [6.07, 6.45) is 9.89. The van der Waals surface area contributed by atoms with E-state index in [1.165, 1.54) is 31.8 Å². The number of hydrogen-bond acceptors (Lipinski definition) is 3. The highest BCUT2D eigenvalue weighted by atomic mass is 16.3. The van der Waals surface area contributed by atoms with Crippen LogP contribution in [0.25, 0.3) is 17.2 Å². The molecule has 2 aliphatic carbocycles. The highest BCUT2D eigenvalue weighted by Gasteiger charge is 2.38. The second kappa shape index (κ2) is 6.19. The molecule has 1 aromatic carbocycles. The molecule has 2 fully saturated rings. The molecular formula is C19H22N2O2. The molecule has 0 spiro atoms. The molecule has 120 valence electrons. The summed E-state index contributed by atoms with van der Waals surface area (Å²) in [5.41, 5.74) is 1.55. The Morgan fingerprint density at radius 2 is 2.22 bits per heavy atom. The van der Waals surface area contributed by atoms with Gasteiger partial charge in [-0.1, -0.05) is 18.6 Å². The third-order valence-corrected chi connectivity index (χ3v) is 5.39. The van der Waals surface area contributed by atoms with Gasteiger partial charge in [0.25, 0.3) is 0 Å². The van der Waals surface area contributed by atoms with Crippen LogP contribution in [-0.2, 0) is 4.79 Å². The number of hydrogen-bond donors (Lipinski definition) is 1. The third kappa shape index (κ3) is 3.16. The van der Waals surface area contributed by atoms with Crippen molar-refractivity contribution in [1.82, 2.24) is 10.3 Å². The van der Waals surface area contributed by atoms with Crippen LogP contribution in [0.15, 0.2) is 34.8 Å². The first kappa shape index (κ1) is 14.5. The number of carbonyl (C=O) groups is 1. The molecule has 1 amide bonds. The molecule has 0 radical (unpaired) electrons. The minimum atomic E-state index is -0.0737. The van der Waals surface area contributed by atoms with E-state index in [1.807, 2.05) is 24.3 Å². The van der Waals surface area contributed by atoms with Crippen LogP contribution in [0.1, 0.15) is 38.0 Å². The van der Waals surface area contributed by atoms with Crippen molar-refractivity contribution >= 4 is 23.1 Å². The van der Waals surface area contributed by atoms with Gasteiger partial charge in [-0.2, -0.15) is 0 Å². The first-order valence-corrected chi connectivity index (χ1v) is 8.59. The zero-order chi connectivity index (χ0) is 15.6. The van der Waals surface area contributed by atoms with Gasteiger partial charge in [-0.15, -0.1) is 0 Å². The zero-order valence-corrected chi connectivity index (χ0v) is 13.2. The number of oxazole rings is 1. The van der Waals surface area contributed by atoms with Gasteiger partial charge in [0.1, 0.15) is 5.52 Å². The van der Waals surface area contributed by atoms with Gasteiger partial charge >= 0.3 is 0 Å². The lowest BCUT2D eigenvalue weighted by molar-refractivity contribution is -0.116. The van der Waals surface area contributed by atoms with Gasteiger partial charge in [-0.05, 0) is 55.6 Å². The molecule has 4 heteroatoms. The van der Waals surface area contributed by atoms with E-state index in [-0.39, 0.29) is 5.91 Å². The predicted molar refractivity (Wildman–Crippen MR) is 89.6 cm³/mol. The van der Waals surface area contributed by atoms with Gasteiger partial charge < -0.3 is 9.73 Å². The van der Waals surface area contributed by atoms with Crippen LogP contribution in [0.3, 0.4) is 0 Å². The molecule has 2 saturated carbocycles. The van der Waals surface area contributed by atoms with E-state index in [1.54, 1.807) is 6.08 Å². The van der Waals surface area contributed by atoms with Crippen LogP contribution in [0.2, 0.25) is 0 Å². The minimum absolute atomic E-state index is 0.0737. The molecule has 0 saturated heterocycles. The number of amides is 1. The summed E-state index contributed by atoms with van der Waals surface area (Å²) in [5.74, 6) is 3.12. The number of nitrogens with one attached hydrogen (secondary N) is 1. The summed E-state index contributed by atoms with van der Waals surface area (Å²) in [6.45, 7) is 0.768. The lowest BCUT2D eigenvalue weighted by atomic mass is 9.86. The van der Waals surface area contributed by atoms with Crippen molar-refractivity contribution in [3.05, 3.63) is 36.2 Å². The van der Waals surface area contributed by atoms with E-state index in [0.29, 0.717) is 5.89 Å². The second-order valence-electron chi connectivity index (χ2n) is 6.87. The Hall–Kier alpha value is -2.10. The van der Waals surface area contributed by atoms with Crippen LogP contribution >= 0.6 is 0 Å². The van der Waals surface area contributed by atoms with Crippen LogP contribution < -0.4 is 5.32 Å². The van der Waals surface area contributed by atoms with Crippen molar-refractivity contribution in [2.24, 2.45) is 17.8 Å². The van der Waals surface area contributed by atoms with Gasteiger partial charge in [0, 0.05) is 18.7 Å². The smallest absolute Gasteiger partial charge is 0.244 e. The quantitative estimate of drug-likeness (QED) is 0.855. The Morgan fingerprint density at radius 3 is 3.00 bits per heavy atom. The molecule has 2 aliphatic rings. The van der Waals surface area contributed by atoms with Crippen molar-refractivity contribution in [2.75, 3.05) is 6.54 Å². The summed E-state index contributed by atoms with van der Waals surface area (Å²) in [5, 5.41) is 2.98. The van der Waals surface area contributed by atoms with Crippen molar-refractivity contribution in [3.8, 4) is 0 Å². The fourth-order valence-electron chi connectivity index (χ4n) is 4.28. The maximum atomic E-state index is 11.9. The molecule has 3 atom stereocenters. The molecule has 1 heterocycles. The number of nitrogens with zero attached hydrogens (tertiary/aromatic N) is 1. The Bertz CT molecular complexity index is 701. The normalized spacial score (nSPS) is 26.3. The Labute approximate surface area is 136 Å². The maximum absolute atomic E-state index is 11.9. The van der Waals surface area contributed by atoms with Crippen molar-refractivity contribution in [1.29, 1.82) is 0 Å². The molecule has 2 bridgehead atoms. The number of fused-ring (bicyclic) bond motifs is 3. The van der Waals surface area contributed by atoms with E-state index < -0.39 is 0 Å². The summed E-state index contributed by atoms with van der Waals surface area (Å²) in [7, 11) is 0. The van der Waals surface area contributed by atoms with Gasteiger partial charge in [0.2, 0.25) is 11.8 Å². The highest BCUT2D eigenvalue weighted by Crippen LogP contribution is 2.49. The summed E-state index contributed by atoms with van der Waals surface area (Å²) in [6, 6.07) is 7.59. The highest BCUT2D eigenvalue weighted by molar-refractivity contribution is 5.91. The van der Waals surface area contributed by atoms with Crippen LogP contribution in [0.4, 0.5) is 0 Å². The molecule has 0 aliphatic heterocycles. The number of benzene rings is 1. The van der Waals surface area contributed by atoms with E-state index in [9.17, 15) is 4.79 Å². The summed E-state index contributed by atoms with van der Waals surface area (Å²) >= 11 is 0. The van der Waals surface area contributed by atoms with Gasteiger partial charge in [-0.25, -0.2) is 4.98 Å². The van der Waals surface area contributed by atoms with Crippen LogP contribution in [0.5, 0.6) is 0 Å². The molecule has 4 rings (SSSR count). The average molecular weight is 310 g/mol. The number of carbonyl (C=O) groups excluding carboxylic acids is 1. The first-order chi connectivity index (χ1) is 11.3. The van der Waals surface area contributed by atoms with Crippen molar-refractivity contribution in [2.45, 2.75) is 32.1 Å².